The molecule has 4 rings (SSSR count). The SMILES string of the molecule is COc1ccc(/C=C(/NC(=O)c2ccccc2)C(=O)Nc2cccc(SCC(=O)Nc3cc(C)cc(C)c3)c2)cc1OC. The van der Waals surface area contributed by atoms with Crippen molar-refractivity contribution in [2.75, 3.05) is 30.6 Å². The fraction of sp³-hybridized carbons (Fsp3) is 0.147. The summed E-state index contributed by atoms with van der Waals surface area (Å²) in [6.07, 6.45) is 1.56. The van der Waals surface area contributed by atoms with Crippen molar-refractivity contribution in [3.63, 3.8) is 0 Å². The monoisotopic (exact) mass is 595 g/mol. The molecule has 4 aromatic rings. The van der Waals surface area contributed by atoms with E-state index in [0.717, 1.165) is 21.7 Å². The van der Waals surface area contributed by atoms with Gasteiger partial charge in [0.15, 0.2) is 11.5 Å². The van der Waals surface area contributed by atoms with Gasteiger partial charge in [-0.05, 0) is 91.2 Å². The maximum atomic E-state index is 13.5. The van der Waals surface area contributed by atoms with E-state index in [0.29, 0.717) is 28.3 Å². The van der Waals surface area contributed by atoms with Crippen LogP contribution in [0.2, 0.25) is 0 Å². The third kappa shape index (κ3) is 8.98. The molecule has 0 saturated carbocycles. The maximum Gasteiger partial charge on any atom is 0.272 e. The van der Waals surface area contributed by atoms with Gasteiger partial charge in [0.25, 0.3) is 11.8 Å². The van der Waals surface area contributed by atoms with Gasteiger partial charge in [-0.15, -0.1) is 11.8 Å². The zero-order valence-corrected chi connectivity index (χ0v) is 25.2. The summed E-state index contributed by atoms with van der Waals surface area (Å²) in [6.45, 7) is 3.97. The van der Waals surface area contributed by atoms with E-state index in [1.807, 2.05) is 44.2 Å². The molecular weight excluding hydrogens is 562 g/mol. The number of nitrogens with one attached hydrogen (secondary N) is 3. The lowest BCUT2D eigenvalue weighted by atomic mass is 10.1. The van der Waals surface area contributed by atoms with E-state index in [9.17, 15) is 14.4 Å². The third-order valence-electron chi connectivity index (χ3n) is 6.21. The van der Waals surface area contributed by atoms with Crippen molar-refractivity contribution < 1.29 is 23.9 Å². The van der Waals surface area contributed by atoms with Crippen molar-refractivity contribution in [1.29, 1.82) is 0 Å². The first-order valence-electron chi connectivity index (χ1n) is 13.5. The maximum absolute atomic E-state index is 13.5. The van der Waals surface area contributed by atoms with Crippen LogP contribution >= 0.6 is 11.8 Å². The molecule has 0 spiro atoms. The number of anilines is 2. The number of rotatable bonds is 11. The number of thioether (sulfide) groups is 1. The predicted molar refractivity (Wildman–Crippen MR) is 172 cm³/mol. The fourth-order valence-corrected chi connectivity index (χ4v) is 5.06. The normalized spacial score (nSPS) is 10.9. The minimum Gasteiger partial charge on any atom is -0.493 e. The molecule has 0 heterocycles. The van der Waals surface area contributed by atoms with Crippen LogP contribution in [-0.4, -0.2) is 37.7 Å². The Morgan fingerprint density at radius 2 is 1.47 bits per heavy atom. The number of hydrogen-bond donors (Lipinski definition) is 3. The number of hydrogen-bond acceptors (Lipinski definition) is 6. The highest BCUT2D eigenvalue weighted by molar-refractivity contribution is 8.00. The van der Waals surface area contributed by atoms with Gasteiger partial charge in [-0.3, -0.25) is 14.4 Å². The number of amides is 3. The molecule has 220 valence electrons. The van der Waals surface area contributed by atoms with Crippen LogP contribution in [-0.2, 0) is 9.59 Å². The Balaban J connectivity index is 1.49. The number of ether oxygens (including phenoxy) is 2. The minimum absolute atomic E-state index is 0.0342. The molecular formula is C34H33N3O5S. The molecule has 0 radical (unpaired) electrons. The number of benzene rings is 4. The molecule has 0 atom stereocenters. The molecule has 0 fully saturated rings. The van der Waals surface area contributed by atoms with Crippen molar-refractivity contribution in [3.8, 4) is 11.5 Å². The van der Waals surface area contributed by atoms with E-state index < -0.39 is 11.8 Å². The van der Waals surface area contributed by atoms with Crippen molar-refractivity contribution in [2.45, 2.75) is 18.7 Å². The van der Waals surface area contributed by atoms with E-state index in [-0.39, 0.29) is 17.4 Å². The lowest BCUT2D eigenvalue weighted by molar-refractivity contribution is -0.114. The van der Waals surface area contributed by atoms with Gasteiger partial charge >= 0.3 is 0 Å². The van der Waals surface area contributed by atoms with Crippen molar-refractivity contribution >= 4 is 46.9 Å². The summed E-state index contributed by atoms with van der Waals surface area (Å²) in [5.74, 6) is 0.137. The van der Waals surface area contributed by atoms with Crippen molar-refractivity contribution in [3.05, 3.63) is 119 Å². The van der Waals surface area contributed by atoms with Gasteiger partial charge in [-0.25, -0.2) is 0 Å². The first-order chi connectivity index (χ1) is 20.7. The Hall–Kier alpha value is -5.02. The van der Waals surface area contributed by atoms with Crippen LogP contribution in [0.3, 0.4) is 0 Å². The quantitative estimate of drug-likeness (QED) is 0.136. The zero-order chi connectivity index (χ0) is 30.8. The van der Waals surface area contributed by atoms with E-state index in [2.05, 4.69) is 16.0 Å². The summed E-state index contributed by atoms with van der Waals surface area (Å²) in [5.41, 5.74) is 4.48. The summed E-state index contributed by atoms with van der Waals surface area (Å²) >= 11 is 1.35. The highest BCUT2D eigenvalue weighted by Gasteiger charge is 2.16. The van der Waals surface area contributed by atoms with Gasteiger partial charge in [-0.2, -0.15) is 0 Å². The molecule has 0 bridgehead atoms. The molecule has 0 aromatic heterocycles. The number of carbonyl (C=O) groups is 3. The standard InChI is InChI=1S/C34H33N3O5S/c1-22-15-23(2)17-27(16-22)35-32(38)21-43-28-12-8-11-26(20-28)36-34(40)29(37-33(39)25-9-6-5-7-10-25)18-24-13-14-30(41-3)31(19-24)42-4/h5-20H,21H2,1-4H3,(H,35,38)(H,36,40)(H,37,39)/b29-18+. The van der Waals surface area contributed by atoms with Crippen LogP contribution in [0, 0.1) is 13.8 Å². The van der Waals surface area contributed by atoms with E-state index >= 15 is 0 Å². The Kier molecular flexibility index (Phi) is 10.6. The van der Waals surface area contributed by atoms with Gasteiger partial charge in [0.2, 0.25) is 5.91 Å². The minimum atomic E-state index is -0.520. The number of carbonyl (C=O) groups excluding carboxylic acids is 3. The van der Waals surface area contributed by atoms with Gasteiger partial charge in [-0.1, -0.05) is 36.4 Å². The third-order valence-corrected chi connectivity index (χ3v) is 7.21. The second-order valence-electron chi connectivity index (χ2n) is 9.69. The number of aryl methyl sites for hydroxylation is 2. The average Bonchev–Trinajstić information content (AvgIpc) is 2.99. The van der Waals surface area contributed by atoms with Crippen LogP contribution in [0.1, 0.15) is 27.0 Å². The van der Waals surface area contributed by atoms with Gasteiger partial charge in [0.1, 0.15) is 5.70 Å². The average molecular weight is 596 g/mol. The largest absolute Gasteiger partial charge is 0.493 e. The molecule has 8 nitrogen and oxygen atoms in total. The van der Waals surface area contributed by atoms with Gasteiger partial charge in [0, 0.05) is 21.8 Å². The van der Waals surface area contributed by atoms with Gasteiger partial charge in [0.05, 0.1) is 20.0 Å². The summed E-state index contributed by atoms with van der Waals surface area (Å²) in [4.78, 5) is 39.8. The van der Waals surface area contributed by atoms with Crippen LogP contribution < -0.4 is 25.4 Å². The molecule has 0 unspecified atom stereocenters. The second kappa shape index (κ2) is 14.7. The van der Waals surface area contributed by atoms with E-state index in [4.69, 9.17) is 9.47 Å². The molecule has 3 N–H and O–H groups in total. The Labute approximate surface area is 255 Å². The second-order valence-corrected chi connectivity index (χ2v) is 10.7. The topological polar surface area (TPSA) is 106 Å². The summed E-state index contributed by atoms with van der Waals surface area (Å²) in [6, 6.07) is 26.9. The zero-order valence-electron chi connectivity index (χ0n) is 24.4. The fourth-order valence-electron chi connectivity index (χ4n) is 4.31. The highest BCUT2D eigenvalue weighted by Crippen LogP contribution is 2.29. The van der Waals surface area contributed by atoms with Crippen LogP contribution in [0.25, 0.3) is 6.08 Å². The lowest BCUT2D eigenvalue weighted by Gasteiger charge is -2.13. The Bertz CT molecular complexity index is 1630. The summed E-state index contributed by atoms with van der Waals surface area (Å²) in [7, 11) is 3.06. The summed E-state index contributed by atoms with van der Waals surface area (Å²) in [5, 5.41) is 8.52. The molecule has 4 aromatic carbocycles. The molecule has 0 saturated heterocycles. The summed E-state index contributed by atoms with van der Waals surface area (Å²) < 4.78 is 10.7. The van der Waals surface area contributed by atoms with Crippen molar-refractivity contribution in [2.24, 2.45) is 0 Å². The van der Waals surface area contributed by atoms with E-state index in [1.165, 1.54) is 26.0 Å². The highest BCUT2D eigenvalue weighted by atomic mass is 32.2. The molecule has 9 heteroatoms. The molecule has 3 amide bonds. The first kappa shape index (κ1) is 30.9. The van der Waals surface area contributed by atoms with Crippen LogP contribution in [0.15, 0.2) is 102 Å². The molecule has 0 aliphatic carbocycles. The lowest BCUT2D eigenvalue weighted by Crippen LogP contribution is -2.30. The first-order valence-corrected chi connectivity index (χ1v) is 14.4. The van der Waals surface area contributed by atoms with Crippen molar-refractivity contribution in [1.82, 2.24) is 5.32 Å². The van der Waals surface area contributed by atoms with Crippen LogP contribution in [0.4, 0.5) is 11.4 Å². The molecule has 43 heavy (non-hydrogen) atoms. The van der Waals surface area contributed by atoms with Gasteiger partial charge < -0.3 is 25.4 Å². The predicted octanol–water partition coefficient (Wildman–Crippen LogP) is 6.46. The molecule has 0 aliphatic heterocycles. The smallest absolute Gasteiger partial charge is 0.272 e. The van der Waals surface area contributed by atoms with Crippen LogP contribution in [0.5, 0.6) is 11.5 Å². The Morgan fingerprint density at radius 3 is 2.16 bits per heavy atom. The van der Waals surface area contributed by atoms with E-state index in [1.54, 1.807) is 66.7 Å². The Morgan fingerprint density at radius 1 is 0.744 bits per heavy atom. The molecule has 0 aliphatic rings. The number of methoxy groups -OCH3 is 2.